The molecule has 0 aliphatic carbocycles. The predicted octanol–water partition coefficient (Wildman–Crippen LogP) is 4.64. The van der Waals surface area contributed by atoms with Crippen LogP contribution >= 0.6 is 23.2 Å². The molecule has 4 rings (SSSR count). The van der Waals surface area contributed by atoms with Crippen molar-refractivity contribution >= 4 is 34.1 Å². The fraction of sp³-hybridized carbons (Fsp3) is 0.348. The van der Waals surface area contributed by atoms with Gasteiger partial charge in [0.15, 0.2) is 6.29 Å². The van der Waals surface area contributed by atoms with Crippen molar-refractivity contribution in [3.05, 3.63) is 69.6 Å². The molecule has 0 radical (unpaired) electrons. The first-order valence-corrected chi connectivity index (χ1v) is 10.9. The molecule has 1 aliphatic rings. The maximum atomic E-state index is 14.6. The van der Waals surface area contributed by atoms with Crippen LogP contribution in [0.5, 0.6) is 5.75 Å². The van der Waals surface area contributed by atoms with Crippen LogP contribution in [0.15, 0.2) is 42.6 Å². The molecule has 1 unspecified atom stereocenters. The molecule has 32 heavy (non-hydrogen) atoms. The number of nitrogens with zero attached hydrogens (tertiary/aromatic N) is 1. The van der Waals surface area contributed by atoms with Crippen molar-refractivity contribution in [1.82, 2.24) is 10.3 Å². The number of ether oxygens (including phenoxy) is 3. The Hall–Kier alpha value is -2.00. The lowest BCUT2D eigenvalue weighted by Gasteiger charge is -2.31. The number of pyridine rings is 1. The minimum atomic E-state index is -1.13. The Bertz CT molecular complexity index is 1090. The summed E-state index contributed by atoms with van der Waals surface area (Å²) in [6, 6.07) is 10.6. The van der Waals surface area contributed by atoms with Crippen LogP contribution in [0, 0.1) is 5.82 Å². The first-order valence-electron chi connectivity index (χ1n) is 10.2. The van der Waals surface area contributed by atoms with Gasteiger partial charge in [0.2, 0.25) is 0 Å². The van der Waals surface area contributed by atoms with Crippen LogP contribution in [-0.2, 0) is 16.0 Å². The standard InChI is InChI=1S/C23H23Cl2FN2O4/c1-30-15-3-5-20-16(7-15)23(19(26)10-28-20)21(29)8-22-31-11-14(12-32-22)27-9-13-2-4-17(24)18(25)6-13/h2-7,10,14,21-22,27,29H,8-9,11-12H2,1H3/t14-,21?,22-. The molecule has 170 valence electrons. The second-order valence-corrected chi connectivity index (χ2v) is 8.39. The molecule has 1 aromatic heterocycles. The van der Waals surface area contributed by atoms with Crippen molar-refractivity contribution in [2.45, 2.75) is 31.4 Å². The van der Waals surface area contributed by atoms with Gasteiger partial charge in [-0.25, -0.2) is 4.39 Å². The van der Waals surface area contributed by atoms with Gasteiger partial charge in [0, 0.05) is 23.9 Å². The Morgan fingerprint density at radius 1 is 1.19 bits per heavy atom. The van der Waals surface area contributed by atoms with E-state index in [2.05, 4.69) is 10.3 Å². The number of nitrogens with one attached hydrogen (secondary N) is 1. The minimum Gasteiger partial charge on any atom is -0.497 e. The molecule has 2 aromatic carbocycles. The van der Waals surface area contributed by atoms with Crippen molar-refractivity contribution in [3.8, 4) is 5.75 Å². The van der Waals surface area contributed by atoms with Crippen LogP contribution in [0.4, 0.5) is 4.39 Å². The van der Waals surface area contributed by atoms with Gasteiger partial charge in [-0.05, 0) is 35.9 Å². The van der Waals surface area contributed by atoms with Gasteiger partial charge in [0.25, 0.3) is 0 Å². The Morgan fingerprint density at radius 2 is 1.97 bits per heavy atom. The van der Waals surface area contributed by atoms with Crippen molar-refractivity contribution in [1.29, 1.82) is 0 Å². The lowest BCUT2D eigenvalue weighted by Crippen LogP contribution is -2.44. The van der Waals surface area contributed by atoms with Gasteiger partial charge in [0.1, 0.15) is 11.6 Å². The molecule has 0 spiro atoms. The molecule has 1 atom stereocenters. The second-order valence-electron chi connectivity index (χ2n) is 7.58. The molecule has 9 heteroatoms. The summed E-state index contributed by atoms with van der Waals surface area (Å²) in [7, 11) is 1.53. The topological polar surface area (TPSA) is 72.8 Å². The fourth-order valence-corrected chi connectivity index (χ4v) is 3.96. The van der Waals surface area contributed by atoms with Crippen LogP contribution in [0.1, 0.15) is 23.7 Å². The number of aromatic nitrogens is 1. The zero-order valence-electron chi connectivity index (χ0n) is 17.4. The Labute approximate surface area is 195 Å². The van der Waals surface area contributed by atoms with E-state index in [0.29, 0.717) is 46.5 Å². The number of benzene rings is 2. The SMILES string of the molecule is COc1ccc2ncc(F)c(C(O)C[C@H]3OC[C@H](NCc4ccc(Cl)c(Cl)c4)CO3)c2c1. The number of fused-ring (bicyclic) bond motifs is 1. The van der Waals surface area contributed by atoms with E-state index in [1.165, 1.54) is 7.11 Å². The third kappa shape index (κ3) is 5.31. The molecule has 2 N–H and O–H groups in total. The number of aliphatic hydroxyl groups is 1. The van der Waals surface area contributed by atoms with Crippen molar-refractivity contribution in [3.63, 3.8) is 0 Å². The lowest BCUT2D eigenvalue weighted by molar-refractivity contribution is -0.202. The van der Waals surface area contributed by atoms with Gasteiger partial charge in [-0.3, -0.25) is 4.98 Å². The summed E-state index contributed by atoms with van der Waals surface area (Å²) in [6.45, 7) is 1.37. The Balaban J connectivity index is 1.35. The molecule has 2 heterocycles. The predicted molar refractivity (Wildman–Crippen MR) is 121 cm³/mol. The third-order valence-electron chi connectivity index (χ3n) is 5.36. The van der Waals surface area contributed by atoms with Crippen LogP contribution < -0.4 is 10.1 Å². The fourth-order valence-electron chi connectivity index (χ4n) is 3.64. The molecular formula is C23H23Cl2FN2O4. The summed E-state index contributed by atoms with van der Waals surface area (Å²) >= 11 is 12.0. The van der Waals surface area contributed by atoms with Gasteiger partial charge in [-0.2, -0.15) is 0 Å². The minimum absolute atomic E-state index is 0.0272. The summed E-state index contributed by atoms with van der Waals surface area (Å²) in [6.07, 6.45) is -0.578. The summed E-state index contributed by atoms with van der Waals surface area (Å²) in [5.41, 5.74) is 1.71. The second kappa shape index (κ2) is 10.3. The van der Waals surface area contributed by atoms with Crippen molar-refractivity contribution in [2.24, 2.45) is 0 Å². The van der Waals surface area contributed by atoms with Crippen molar-refractivity contribution in [2.75, 3.05) is 20.3 Å². The third-order valence-corrected chi connectivity index (χ3v) is 6.10. The van der Waals surface area contributed by atoms with Gasteiger partial charge in [0.05, 0.1) is 54.2 Å². The zero-order chi connectivity index (χ0) is 22.7. The number of hydrogen-bond donors (Lipinski definition) is 2. The Kier molecular flexibility index (Phi) is 7.45. The van der Waals surface area contributed by atoms with Crippen LogP contribution in [0.25, 0.3) is 10.9 Å². The molecule has 0 bridgehead atoms. The highest BCUT2D eigenvalue weighted by Gasteiger charge is 2.27. The van der Waals surface area contributed by atoms with E-state index in [4.69, 9.17) is 37.4 Å². The molecule has 3 aromatic rings. The Morgan fingerprint density at radius 3 is 2.69 bits per heavy atom. The van der Waals surface area contributed by atoms with Crippen molar-refractivity contribution < 1.29 is 23.7 Å². The van der Waals surface area contributed by atoms with Gasteiger partial charge < -0.3 is 24.6 Å². The summed E-state index contributed by atoms with van der Waals surface area (Å²) in [4.78, 5) is 4.08. The molecule has 6 nitrogen and oxygen atoms in total. The van der Waals surface area contributed by atoms with E-state index in [1.807, 2.05) is 12.1 Å². The van der Waals surface area contributed by atoms with Crippen LogP contribution in [0.3, 0.4) is 0 Å². The number of hydrogen-bond acceptors (Lipinski definition) is 6. The number of methoxy groups -OCH3 is 1. The average Bonchev–Trinajstić information content (AvgIpc) is 2.80. The monoisotopic (exact) mass is 480 g/mol. The smallest absolute Gasteiger partial charge is 0.160 e. The highest BCUT2D eigenvalue weighted by atomic mass is 35.5. The molecular weight excluding hydrogens is 458 g/mol. The van der Waals surface area contributed by atoms with Crippen LogP contribution in [0.2, 0.25) is 10.0 Å². The first kappa shape index (κ1) is 23.2. The highest BCUT2D eigenvalue weighted by molar-refractivity contribution is 6.42. The number of halogens is 3. The normalized spacial score (nSPS) is 19.8. The van der Waals surface area contributed by atoms with Gasteiger partial charge in [-0.1, -0.05) is 29.3 Å². The largest absolute Gasteiger partial charge is 0.497 e. The van der Waals surface area contributed by atoms with E-state index < -0.39 is 18.2 Å². The highest BCUT2D eigenvalue weighted by Crippen LogP contribution is 2.32. The molecule has 0 saturated carbocycles. The quantitative estimate of drug-likeness (QED) is 0.512. The van der Waals surface area contributed by atoms with E-state index in [0.717, 1.165) is 11.8 Å². The average molecular weight is 481 g/mol. The van der Waals surface area contributed by atoms with E-state index in [1.54, 1.807) is 24.3 Å². The maximum absolute atomic E-state index is 14.6. The molecule has 1 aliphatic heterocycles. The maximum Gasteiger partial charge on any atom is 0.160 e. The van der Waals surface area contributed by atoms with Gasteiger partial charge in [-0.15, -0.1) is 0 Å². The molecule has 1 fully saturated rings. The molecule has 1 saturated heterocycles. The zero-order valence-corrected chi connectivity index (χ0v) is 18.9. The number of aliphatic hydroxyl groups excluding tert-OH is 1. The summed E-state index contributed by atoms with van der Waals surface area (Å²) < 4.78 is 31.3. The van der Waals surface area contributed by atoms with E-state index in [-0.39, 0.29) is 18.0 Å². The first-order chi connectivity index (χ1) is 15.4. The number of rotatable bonds is 7. The summed E-state index contributed by atoms with van der Waals surface area (Å²) in [5, 5.41) is 15.6. The van der Waals surface area contributed by atoms with Crippen LogP contribution in [-0.4, -0.2) is 42.7 Å². The lowest BCUT2D eigenvalue weighted by atomic mass is 10.0. The van der Waals surface area contributed by atoms with Gasteiger partial charge >= 0.3 is 0 Å². The van der Waals surface area contributed by atoms with E-state index >= 15 is 0 Å². The van der Waals surface area contributed by atoms with E-state index in [9.17, 15) is 9.50 Å². The summed E-state index contributed by atoms with van der Waals surface area (Å²) in [5.74, 6) is -0.0327. The molecule has 0 amide bonds.